The molecule has 1 aliphatic carbocycles. The number of aromatic nitrogens is 3. The minimum Gasteiger partial charge on any atom is -0.466 e. The number of rotatable bonds is 7. The van der Waals surface area contributed by atoms with Crippen LogP contribution in [0.2, 0.25) is 0 Å². The number of alkyl halides is 3. The molecule has 1 atom stereocenters. The van der Waals surface area contributed by atoms with Gasteiger partial charge in [0, 0.05) is 11.3 Å². The predicted octanol–water partition coefficient (Wildman–Crippen LogP) is 4.30. The van der Waals surface area contributed by atoms with Crippen LogP contribution >= 0.6 is 27.3 Å². The van der Waals surface area contributed by atoms with Crippen molar-refractivity contribution in [3.05, 3.63) is 26.9 Å². The van der Waals surface area contributed by atoms with Crippen LogP contribution in [0.4, 0.5) is 18.3 Å². The Morgan fingerprint density at radius 3 is 2.72 bits per heavy atom. The first-order chi connectivity index (χ1) is 13.6. The van der Waals surface area contributed by atoms with E-state index in [1.807, 2.05) is 0 Å². The molecule has 0 spiro atoms. The zero-order chi connectivity index (χ0) is 21.3. The van der Waals surface area contributed by atoms with Crippen molar-refractivity contribution in [1.82, 2.24) is 14.8 Å². The molecule has 29 heavy (non-hydrogen) atoms. The standard InChI is InChI=1S/C17H18BrF3N4O3S/c1-3-28-11(26)6-10-7-29-16(22-10)23-15(27)8(2)25-13(9-4-5-9)12(18)14(24-25)17(19,20)21/h7-9H,3-6H2,1-2H3,(H,22,23,27). The Hall–Kier alpha value is -1.95. The molecular formula is C17H18BrF3N4O3S. The zero-order valence-corrected chi connectivity index (χ0v) is 17.9. The highest BCUT2D eigenvalue weighted by Gasteiger charge is 2.43. The molecule has 0 bridgehead atoms. The summed E-state index contributed by atoms with van der Waals surface area (Å²) in [6.45, 7) is 3.43. The molecule has 1 fully saturated rings. The summed E-state index contributed by atoms with van der Waals surface area (Å²) in [6, 6.07) is -0.976. The van der Waals surface area contributed by atoms with Crippen LogP contribution in [0.5, 0.6) is 0 Å². The van der Waals surface area contributed by atoms with Gasteiger partial charge in [0.15, 0.2) is 10.8 Å². The van der Waals surface area contributed by atoms with Crippen LogP contribution in [-0.2, 0) is 26.9 Å². The summed E-state index contributed by atoms with van der Waals surface area (Å²) in [6.07, 6.45) is -3.15. The number of carbonyl (C=O) groups is 2. The first-order valence-corrected chi connectivity index (χ1v) is 10.5. The van der Waals surface area contributed by atoms with Crippen molar-refractivity contribution in [2.45, 2.75) is 51.2 Å². The highest BCUT2D eigenvalue weighted by molar-refractivity contribution is 9.10. The molecule has 7 nitrogen and oxygen atoms in total. The van der Waals surface area contributed by atoms with Crippen molar-refractivity contribution in [2.75, 3.05) is 11.9 Å². The van der Waals surface area contributed by atoms with Crippen LogP contribution in [-0.4, -0.2) is 33.2 Å². The Balaban J connectivity index is 1.76. The van der Waals surface area contributed by atoms with Gasteiger partial charge in [-0.15, -0.1) is 11.3 Å². The Kier molecular flexibility index (Phi) is 6.32. The Labute approximate surface area is 176 Å². The molecule has 1 saturated carbocycles. The van der Waals surface area contributed by atoms with Crippen molar-refractivity contribution >= 4 is 44.3 Å². The Morgan fingerprint density at radius 2 is 2.14 bits per heavy atom. The molecule has 0 saturated heterocycles. The topological polar surface area (TPSA) is 86.1 Å². The van der Waals surface area contributed by atoms with Gasteiger partial charge < -0.3 is 10.1 Å². The molecule has 2 aromatic heterocycles. The number of carbonyl (C=O) groups excluding carboxylic acids is 2. The number of thiazole rings is 1. The molecule has 1 amide bonds. The molecule has 0 aliphatic heterocycles. The average Bonchev–Trinajstić information content (AvgIpc) is 3.26. The van der Waals surface area contributed by atoms with Gasteiger partial charge in [-0.1, -0.05) is 0 Å². The van der Waals surface area contributed by atoms with Gasteiger partial charge in [-0.05, 0) is 42.6 Å². The minimum atomic E-state index is -4.62. The highest BCUT2D eigenvalue weighted by atomic mass is 79.9. The summed E-state index contributed by atoms with van der Waals surface area (Å²) in [5.41, 5.74) is -0.219. The lowest BCUT2D eigenvalue weighted by molar-refractivity contribution is -0.143. The number of ether oxygens (including phenoxy) is 1. The number of amides is 1. The number of nitrogens with zero attached hydrogens (tertiary/aromatic N) is 3. The second-order valence-corrected chi connectivity index (χ2v) is 8.21. The van der Waals surface area contributed by atoms with Crippen molar-refractivity contribution < 1.29 is 27.5 Å². The Bertz CT molecular complexity index is 924. The van der Waals surface area contributed by atoms with E-state index in [-0.39, 0.29) is 28.5 Å². The third-order valence-corrected chi connectivity index (χ3v) is 5.87. The summed E-state index contributed by atoms with van der Waals surface area (Å²) in [7, 11) is 0. The number of hydrogen-bond acceptors (Lipinski definition) is 6. The first kappa shape index (κ1) is 21.8. The van der Waals surface area contributed by atoms with Gasteiger partial charge in [0.25, 0.3) is 5.91 Å². The van der Waals surface area contributed by atoms with Crippen LogP contribution in [0, 0.1) is 0 Å². The number of esters is 1. The van der Waals surface area contributed by atoms with Crippen LogP contribution in [0.15, 0.2) is 9.85 Å². The Morgan fingerprint density at radius 1 is 1.45 bits per heavy atom. The van der Waals surface area contributed by atoms with E-state index in [1.54, 1.807) is 12.3 Å². The van der Waals surface area contributed by atoms with Gasteiger partial charge in [0.1, 0.15) is 6.04 Å². The van der Waals surface area contributed by atoms with Crippen molar-refractivity contribution in [3.63, 3.8) is 0 Å². The SMILES string of the molecule is CCOC(=O)Cc1csc(NC(=O)C(C)n2nc(C(F)(F)F)c(Br)c2C2CC2)n1. The number of halogens is 4. The van der Waals surface area contributed by atoms with Crippen LogP contribution in [0.25, 0.3) is 0 Å². The third kappa shape index (κ3) is 4.97. The summed E-state index contributed by atoms with van der Waals surface area (Å²) in [5.74, 6) is -1.04. The summed E-state index contributed by atoms with van der Waals surface area (Å²) in [4.78, 5) is 28.3. The van der Waals surface area contributed by atoms with Crippen molar-refractivity contribution in [2.24, 2.45) is 0 Å². The largest absolute Gasteiger partial charge is 0.466 e. The molecule has 0 radical (unpaired) electrons. The summed E-state index contributed by atoms with van der Waals surface area (Å²) in [5, 5.41) is 8.11. The lowest BCUT2D eigenvalue weighted by atomic mass is 10.2. The molecule has 1 N–H and O–H groups in total. The maximum absolute atomic E-state index is 13.2. The smallest absolute Gasteiger partial charge is 0.436 e. The van der Waals surface area contributed by atoms with Gasteiger partial charge in [-0.25, -0.2) is 4.98 Å². The van der Waals surface area contributed by atoms with E-state index < -0.39 is 29.8 Å². The molecule has 2 heterocycles. The molecule has 158 valence electrons. The summed E-state index contributed by atoms with van der Waals surface area (Å²) < 4.78 is 45.6. The van der Waals surface area contributed by atoms with E-state index in [9.17, 15) is 22.8 Å². The lowest BCUT2D eigenvalue weighted by Gasteiger charge is -2.15. The fourth-order valence-electron chi connectivity index (χ4n) is 2.75. The molecule has 1 aliphatic rings. The number of nitrogens with one attached hydrogen (secondary N) is 1. The van der Waals surface area contributed by atoms with Crippen LogP contribution in [0.1, 0.15) is 55.7 Å². The van der Waals surface area contributed by atoms with Gasteiger partial charge in [0.2, 0.25) is 0 Å². The normalized spacial score (nSPS) is 15.2. The van der Waals surface area contributed by atoms with E-state index >= 15 is 0 Å². The van der Waals surface area contributed by atoms with E-state index in [2.05, 4.69) is 31.3 Å². The second kappa shape index (κ2) is 8.42. The van der Waals surface area contributed by atoms with E-state index in [1.165, 1.54) is 6.92 Å². The monoisotopic (exact) mass is 494 g/mol. The maximum atomic E-state index is 13.2. The van der Waals surface area contributed by atoms with Gasteiger partial charge >= 0.3 is 12.1 Å². The molecule has 0 aromatic carbocycles. The van der Waals surface area contributed by atoms with E-state index in [0.717, 1.165) is 28.9 Å². The zero-order valence-electron chi connectivity index (χ0n) is 15.5. The lowest BCUT2D eigenvalue weighted by Crippen LogP contribution is -2.26. The highest BCUT2D eigenvalue weighted by Crippen LogP contribution is 2.47. The fourth-order valence-corrected chi connectivity index (χ4v) is 4.28. The molecule has 3 rings (SSSR count). The third-order valence-electron chi connectivity index (χ3n) is 4.28. The quantitative estimate of drug-likeness (QED) is 0.579. The second-order valence-electron chi connectivity index (χ2n) is 6.56. The molecule has 1 unspecified atom stereocenters. The minimum absolute atomic E-state index is 0.0252. The van der Waals surface area contributed by atoms with Crippen molar-refractivity contribution in [1.29, 1.82) is 0 Å². The van der Waals surface area contributed by atoms with E-state index in [0.29, 0.717) is 11.4 Å². The first-order valence-electron chi connectivity index (χ1n) is 8.87. The molecular weight excluding hydrogens is 477 g/mol. The van der Waals surface area contributed by atoms with Gasteiger partial charge in [0.05, 0.1) is 28.9 Å². The maximum Gasteiger partial charge on any atom is 0.436 e. The van der Waals surface area contributed by atoms with Crippen LogP contribution < -0.4 is 5.32 Å². The number of hydrogen-bond donors (Lipinski definition) is 1. The predicted molar refractivity (Wildman–Crippen MR) is 103 cm³/mol. The van der Waals surface area contributed by atoms with Crippen molar-refractivity contribution in [3.8, 4) is 0 Å². The van der Waals surface area contributed by atoms with Crippen LogP contribution in [0.3, 0.4) is 0 Å². The van der Waals surface area contributed by atoms with Gasteiger partial charge in [-0.2, -0.15) is 18.3 Å². The molecule has 12 heteroatoms. The molecule has 2 aromatic rings. The summed E-state index contributed by atoms with van der Waals surface area (Å²) >= 11 is 4.13. The average molecular weight is 495 g/mol. The number of anilines is 1. The van der Waals surface area contributed by atoms with Gasteiger partial charge in [-0.3, -0.25) is 14.3 Å². The fraction of sp³-hybridized carbons (Fsp3) is 0.529. The van der Waals surface area contributed by atoms with E-state index in [4.69, 9.17) is 4.74 Å².